The number of anilines is 1. The number of rotatable bonds is 9. The zero-order valence-electron chi connectivity index (χ0n) is 18.7. The summed E-state index contributed by atoms with van der Waals surface area (Å²) in [6.45, 7) is 6.81. The molecule has 0 aliphatic heterocycles. The lowest BCUT2D eigenvalue weighted by atomic mass is 10.1. The van der Waals surface area contributed by atoms with Crippen LogP contribution < -0.4 is 10.6 Å². The van der Waals surface area contributed by atoms with Crippen LogP contribution in [0.25, 0.3) is 0 Å². The number of pyridine rings is 1. The number of para-hydroxylation sites is 1. The molecular formula is C24H29N5O2S. The third-order valence-electron chi connectivity index (χ3n) is 5.01. The molecule has 3 rings (SSSR count). The maximum atomic E-state index is 12.9. The topological polar surface area (TPSA) is 87.2 Å². The van der Waals surface area contributed by atoms with Gasteiger partial charge in [-0.25, -0.2) is 9.78 Å². The van der Waals surface area contributed by atoms with Gasteiger partial charge in [-0.05, 0) is 44.0 Å². The molecule has 0 fully saturated rings. The van der Waals surface area contributed by atoms with Gasteiger partial charge in [0, 0.05) is 42.0 Å². The summed E-state index contributed by atoms with van der Waals surface area (Å²) in [7, 11) is 0. The van der Waals surface area contributed by atoms with Gasteiger partial charge < -0.3 is 15.5 Å². The third-order valence-corrected chi connectivity index (χ3v) is 5.84. The second kappa shape index (κ2) is 11.4. The molecule has 168 valence electrons. The maximum Gasteiger partial charge on any atom is 0.322 e. The summed E-state index contributed by atoms with van der Waals surface area (Å²) in [5.41, 5.74) is 3.20. The fraction of sp³-hybridized carbons (Fsp3) is 0.333. The number of benzene rings is 1. The van der Waals surface area contributed by atoms with Gasteiger partial charge in [0.2, 0.25) is 0 Å². The lowest BCUT2D eigenvalue weighted by Gasteiger charge is -2.26. The van der Waals surface area contributed by atoms with Crippen molar-refractivity contribution in [3.8, 4) is 0 Å². The van der Waals surface area contributed by atoms with Gasteiger partial charge in [0.25, 0.3) is 5.91 Å². The van der Waals surface area contributed by atoms with Gasteiger partial charge in [0.05, 0.1) is 6.54 Å². The highest BCUT2D eigenvalue weighted by atomic mass is 32.1. The van der Waals surface area contributed by atoms with E-state index in [2.05, 4.69) is 27.5 Å². The molecule has 0 spiro atoms. The van der Waals surface area contributed by atoms with Crippen LogP contribution in [0.5, 0.6) is 0 Å². The van der Waals surface area contributed by atoms with Crippen LogP contribution in [0.2, 0.25) is 0 Å². The number of aryl methyl sites for hydroxylation is 1. The van der Waals surface area contributed by atoms with Crippen molar-refractivity contribution < 1.29 is 9.59 Å². The molecule has 2 aromatic heterocycles. The first-order valence-corrected chi connectivity index (χ1v) is 11.6. The number of nitrogens with one attached hydrogen (secondary N) is 2. The predicted octanol–water partition coefficient (Wildman–Crippen LogP) is 4.52. The molecule has 2 heterocycles. The SMILES string of the molecule is CCc1ccccc1NC(=O)N(Cc1nc(C(=O)NCCc2ccccn2)cs1)C(C)C. The highest BCUT2D eigenvalue weighted by molar-refractivity contribution is 7.09. The number of aromatic nitrogens is 2. The number of urea groups is 1. The van der Waals surface area contributed by atoms with E-state index < -0.39 is 0 Å². The summed E-state index contributed by atoms with van der Waals surface area (Å²) in [5.74, 6) is -0.221. The van der Waals surface area contributed by atoms with Crippen molar-refractivity contribution in [1.82, 2.24) is 20.2 Å². The molecule has 0 unspecified atom stereocenters. The van der Waals surface area contributed by atoms with Crippen LogP contribution in [0.3, 0.4) is 0 Å². The highest BCUT2D eigenvalue weighted by Gasteiger charge is 2.21. The van der Waals surface area contributed by atoms with Gasteiger partial charge in [0.15, 0.2) is 0 Å². The molecule has 1 aromatic carbocycles. The lowest BCUT2D eigenvalue weighted by Crippen LogP contribution is -2.39. The lowest BCUT2D eigenvalue weighted by molar-refractivity contribution is 0.0949. The van der Waals surface area contributed by atoms with Crippen LogP contribution in [0.4, 0.5) is 10.5 Å². The average molecular weight is 452 g/mol. The number of nitrogens with zero attached hydrogens (tertiary/aromatic N) is 3. The Balaban J connectivity index is 1.58. The predicted molar refractivity (Wildman–Crippen MR) is 128 cm³/mol. The molecular weight excluding hydrogens is 422 g/mol. The van der Waals surface area contributed by atoms with Crippen LogP contribution in [0.15, 0.2) is 54.0 Å². The van der Waals surface area contributed by atoms with Crippen molar-refractivity contribution in [3.05, 3.63) is 76.0 Å². The van der Waals surface area contributed by atoms with E-state index in [9.17, 15) is 9.59 Å². The summed E-state index contributed by atoms with van der Waals surface area (Å²) in [5, 5.41) is 8.34. The van der Waals surface area contributed by atoms with Gasteiger partial charge >= 0.3 is 6.03 Å². The van der Waals surface area contributed by atoms with Crippen molar-refractivity contribution >= 4 is 29.0 Å². The van der Waals surface area contributed by atoms with Gasteiger partial charge in [-0.3, -0.25) is 9.78 Å². The Morgan fingerprint density at radius 2 is 1.91 bits per heavy atom. The zero-order valence-corrected chi connectivity index (χ0v) is 19.5. The van der Waals surface area contributed by atoms with Crippen molar-refractivity contribution in [1.29, 1.82) is 0 Å². The monoisotopic (exact) mass is 451 g/mol. The van der Waals surface area contributed by atoms with Gasteiger partial charge in [-0.15, -0.1) is 11.3 Å². The molecule has 3 aromatic rings. The normalized spacial score (nSPS) is 10.8. The molecule has 0 saturated carbocycles. The molecule has 32 heavy (non-hydrogen) atoms. The van der Waals surface area contributed by atoms with E-state index in [1.807, 2.05) is 56.3 Å². The summed E-state index contributed by atoms with van der Waals surface area (Å²) in [4.78, 5) is 35.8. The van der Waals surface area contributed by atoms with Crippen molar-refractivity contribution in [2.75, 3.05) is 11.9 Å². The second-order valence-electron chi connectivity index (χ2n) is 7.62. The summed E-state index contributed by atoms with van der Waals surface area (Å²) in [6.07, 6.45) is 3.23. The van der Waals surface area contributed by atoms with Crippen LogP contribution in [0, 0.1) is 0 Å². The fourth-order valence-electron chi connectivity index (χ4n) is 3.20. The van der Waals surface area contributed by atoms with E-state index in [1.165, 1.54) is 11.3 Å². The number of hydrogen-bond acceptors (Lipinski definition) is 5. The van der Waals surface area contributed by atoms with Crippen molar-refractivity contribution in [3.63, 3.8) is 0 Å². The number of amides is 3. The molecule has 8 heteroatoms. The van der Waals surface area contributed by atoms with Crippen LogP contribution in [-0.4, -0.2) is 39.4 Å². The number of hydrogen-bond donors (Lipinski definition) is 2. The molecule has 0 radical (unpaired) electrons. The Kier molecular flexibility index (Phi) is 8.33. The van der Waals surface area contributed by atoms with Gasteiger partial charge in [-0.1, -0.05) is 31.2 Å². The number of thiazole rings is 1. The molecule has 0 aliphatic rings. The summed E-state index contributed by atoms with van der Waals surface area (Å²) >= 11 is 1.38. The van der Waals surface area contributed by atoms with E-state index in [0.29, 0.717) is 30.2 Å². The minimum absolute atomic E-state index is 0.0247. The molecule has 0 saturated heterocycles. The Morgan fingerprint density at radius 1 is 1.12 bits per heavy atom. The van der Waals surface area contributed by atoms with Gasteiger partial charge in [-0.2, -0.15) is 0 Å². The standard InChI is InChI=1S/C24H29N5O2S/c1-4-18-9-5-6-11-20(18)28-24(31)29(17(2)3)15-22-27-21(16-32-22)23(30)26-14-12-19-10-7-8-13-25-19/h5-11,13,16-17H,4,12,14-15H2,1-3H3,(H,26,30)(H,28,31). The highest BCUT2D eigenvalue weighted by Crippen LogP contribution is 2.19. The minimum atomic E-state index is -0.221. The second-order valence-corrected chi connectivity index (χ2v) is 8.56. The van der Waals surface area contributed by atoms with E-state index in [4.69, 9.17) is 0 Å². The first-order chi connectivity index (χ1) is 15.5. The van der Waals surface area contributed by atoms with Crippen LogP contribution >= 0.6 is 11.3 Å². The maximum absolute atomic E-state index is 12.9. The molecule has 3 amide bonds. The Bertz CT molecular complexity index is 1040. The number of carbonyl (C=O) groups excluding carboxylic acids is 2. The fourth-order valence-corrected chi connectivity index (χ4v) is 3.97. The van der Waals surface area contributed by atoms with Gasteiger partial charge in [0.1, 0.15) is 10.7 Å². The Morgan fingerprint density at radius 3 is 2.62 bits per heavy atom. The minimum Gasteiger partial charge on any atom is -0.350 e. The Hall–Kier alpha value is -3.26. The van der Waals surface area contributed by atoms with E-state index >= 15 is 0 Å². The average Bonchev–Trinajstić information content (AvgIpc) is 3.27. The zero-order chi connectivity index (χ0) is 22.9. The molecule has 2 N–H and O–H groups in total. The molecule has 7 nitrogen and oxygen atoms in total. The quantitative estimate of drug-likeness (QED) is 0.501. The summed E-state index contributed by atoms with van der Waals surface area (Å²) in [6, 6.07) is 13.3. The molecule has 0 bridgehead atoms. The molecule has 0 aliphatic carbocycles. The summed E-state index contributed by atoms with van der Waals surface area (Å²) < 4.78 is 0. The molecule has 0 atom stereocenters. The first kappa shape index (κ1) is 23.4. The Labute approximate surface area is 192 Å². The first-order valence-electron chi connectivity index (χ1n) is 10.8. The van der Waals surface area contributed by atoms with Crippen LogP contribution in [-0.2, 0) is 19.4 Å². The van der Waals surface area contributed by atoms with Crippen LogP contribution in [0.1, 0.15) is 47.5 Å². The third kappa shape index (κ3) is 6.37. The largest absolute Gasteiger partial charge is 0.350 e. The number of carbonyl (C=O) groups is 2. The van der Waals surface area contributed by atoms with E-state index in [-0.39, 0.29) is 18.0 Å². The van der Waals surface area contributed by atoms with Crippen molar-refractivity contribution in [2.24, 2.45) is 0 Å². The van der Waals surface area contributed by atoms with E-state index in [1.54, 1.807) is 16.5 Å². The smallest absolute Gasteiger partial charge is 0.322 e. The van der Waals surface area contributed by atoms with Crippen molar-refractivity contribution in [2.45, 2.75) is 46.2 Å². The van der Waals surface area contributed by atoms with E-state index in [0.717, 1.165) is 23.4 Å².